The molecule has 2 N–H and O–H groups in total. The van der Waals surface area contributed by atoms with E-state index in [0.717, 1.165) is 18.7 Å². The summed E-state index contributed by atoms with van der Waals surface area (Å²) in [5.41, 5.74) is 1.22. The van der Waals surface area contributed by atoms with Crippen molar-refractivity contribution in [3.63, 3.8) is 0 Å². The van der Waals surface area contributed by atoms with Gasteiger partial charge in [-0.15, -0.1) is 0 Å². The summed E-state index contributed by atoms with van der Waals surface area (Å²) in [4.78, 5) is 12.0. The van der Waals surface area contributed by atoms with Crippen LogP contribution < -0.4 is 10.6 Å². The fourth-order valence-electron chi connectivity index (χ4n) is 2.76. The summed E-state index contributed by atoms with van der Waals surface area (Å²) >= 11 is 0. The van der Waals surface area contributed by atoms with Crippen molar-refractivity contribution in [2.24, 2.45) is 11.8 Å². The molecular formula is C16H23FN2O. The second kappa shape index (κ2) is 6.84. The Morgan fingerprint density at radius 2 is 2.35 bits per heavy atom. The third kappa shape index (κ3) is 4.04. The smallest absolute Gasteiger partial charge is 0.224 e. The van der Waals surface area contributed by atoms with E-state index in [9.17, 15) is 9.18 Å². The van der Waals surface area contributed by atoms with E-state index in [1.165, 1.54) is 18.9 Å². The normalized spacial score (nSPS) is 20.4. The quantitative estimate of drug-likeness (QED) is 0.888. The molecule has 2 unspecified atom stereocenters. The number of halogens is 1. The summed E-state index contributed by atoms with van der Waals surface area (Å²) in [6, 6.07) is 4.75. The molecule has 1 fully saturated rings. The van der Waals surface area contributed by atoms with E-state index in [0.29, 0.717) is 18.3 Å². The second-order valence-corrected chi connectivity index (χ2v) is 5.82. The number of benzene rings is 1. The first-order valence-corrected chi connectivity index (χ1v) is 7.33. The molecule has 1 amide bonds. The van der Waals surface area contributed by atoms with Gasteiger partial charge < -0.3 is 10.6 Å². The van der Waals surface area contributed by atoms with Gasteiger partial charge in [-0.05, 0) is 62.4 Å². The lowest BCUT2D eigenvalue weighted by molar-refractivity contribution is -0.117. The molecule has 0 radical (unpaired) electrons. The number of rotatable bonds is 4. The van der Waals surface area contributed by atoms with Crippen LogP contribution in [0, 0.1) is 24.6 Å². The van der Waals surface area contributed by atoms with Gasteiger partial charge in [-0.25, -0.2) is 4.39 Å². The van der Waals surface area contributed by atoms with Crippen LogP contribution in [0.4, 0.5) is 10.1 Å². The molecule has 1 aromatic rings. The Bertz CT molecular complexity index is 470. The molecule has 0 bridgehead atoms. The maximum Gasteiger partial charge on any atom is 0.224 e. The Morgan fingerprint density at radius 3 is 3.05 bits per heavy atom. The molecule has 0 saturated carbocycles. The summed E-state index contributed by atoms with van der Waals surface area (Å²) in [7, 11) is 0. The van der Waals surface area contributed by atoms with Crippen molar-refractivity contribution in [2.75, 3.05) is 18.4 Å². The molecule has 1 aliphatic heterocycles. The highest BCUT2D eigenvalue weighted by Crippen LogP contribution is 2.23. The summed E-state index contributed by atoms with van der Waals surface area (Å²) < 4.78 is 13.6. The lowest BCUT2D eigenvalue weighted by Gasteiger charge is -2.28. The van der Waals surface area contributed by atoms with Crippen LogP contribution in [0.15, 0.2) is 18.2 Å². The van der Waals surface area contributed by atoms with Crippen molar-refractivity contribution in [2.45, 2.75) is 33.1 Å². The van der Waals surface area contributed by atoms with Gasteiger partial charge in [0.1, 0.15) is 5.82 Å². The maximum atomic E-state index is 13.6. The third-order valence-electron chi connectivity index (χ3n) is 4.04. The number of carbonyl (C=O) groups excluding carboxylic acids is 1. The Morgan fingerprint density at radius 1 is 1.55 bits per heavy atom. The predicted molar refractivity (Wildman–Crippen MR) is 79.1 cm³/mol. The van der Waals surface area contributed by atoms with Gasteiger partial charge in [0.15, 0.2) is 0 Å². The molecule has 110 valence electrons. The number of carbonyl (C=O) groups is 1. The zero-order valence-electron chi connectivity index (χ0n) is 12.2. The molecule has 0 spiro atoms. The number of anilines is 1. The van der Waals surface area contributed by atoms with Gasteiger partial charge in [0.25, 0.3) is 0 Å². The standard InChI is InChI=1S/C16H23FN2O/c1-11-5-6-14(17)15(8-11)19-16(20)9-12(2)13-4-3-7-18-10-13/h5-6,8,12-13,18H,3-4,7,9-10H2,1-2H3,(H,19,20). The molecule has 1 saturated heterocycles. The van der Waals surface area contributed by atoms with Crippen molar-refractivity contribution < 1.29 is 9.18 Å². The molecule has 2 atom stereocenters. The highest BCUT2D eigenvalue weighted by Gasteiger charge is 2.22. The molecular weight excluding hydrogens is 255 g/mol. The Hall–Kier alpha value is -1.42. The zero-order valence-corrected chi connectivity index (χ0v) is 12.2. The van der Waals surface area contributed by atoms with Gasteiger partial charge in [-0.2, -0.15) is 0 Å². The summed E-state index contributed by atoms with van der Waals surface area (Å²) in [5, 5.41) is 6.05. The van der Waals surface area contributed by atoms with E-state index in [-0.39, 0.29) is 17.4 Å². The van der Waals surface area contributed by atoms with Gasteiger partial charge >= 0.3 is 0 Å². The van der Waals surface area contributed by atoms with Crippen molar-refractivity contribution in [3.8, 4) is 0 Å². The molecule has 4 heteroatoms. The van der Waals surface area contributed by atoms with Crippen LogP contribution in [-0.2, 0) is 4.79 Å². The number of amides is 1. The van der Waals surface area contributed by atoms with Crippen molar-refractivity contribution in [1.29, 1.82) is 0 Å². The highest BCUT2D eigenvalue weighted by atomic mass is 19.1. The van der Waals surface area contributed by atoms with Crippen LogP contribution in [0.3, 0.4) is 0 Å². The van der Waals surface area contributed by atoms with E-state index < -0.39 is 0 Å². The summed E-state index contributed by atoms with van der Waals surface area (Å²) in [5.74, 6) is 0.371. The van der Waals surface area contributed by atoms with Crippen molar-refractivity contribution >= 4 is 11.6 Å². The third-order valence-corrected chi connectivity index (χ3v) is 4.04. The highest BCUT2D eigenvalue weighted by molar-refractivity contribution is 5.91. The first-order valence-electron chi connectivity index (χ1n) is 7.33. The van der Waals surface area contributed by atoms with Gasteiger partial charge in [0, 0.05) is 6.42 Å². The molecule has 2 rings (SSSR count). The number of aryl methyl sites for hydroxylation is 1. The predicted octanol–water partition coefficient (Wildman–Crippen LogP) is 3.10. The second-order valence-electron chi connectivity index (χ2n) is 5.82. The lowest BCUT2D eigenvalue weighted by Crippen LogP contribution is -2.34. The minimum absolute atomic E-state index is 0.104. The number of hydrogen-bond acceptors (Lipinski definition) is 2. The number of nitrogens with one attached hydrogen (secondary N) is 2. The van der Waals surface area contributed by atoms with Crippen molar-refractivity contribution in [1.82, 2.24) is 5.32 Å². The van der Waals surface area contributed by atoms with E-state index >= 15 is 0 Å². The van der Waals surface area contributed by atoms with Gasteiger partial charge in [-0.3, -0.25) is 4.79 Å². The van der Waals surface area contributed by atoms with E-state index in [2.05, 4.69) is 17.6 Å². The summed E-state index contributed by atoms with van der Waals surface area (Å²) in [6.45, 7) is 6.03. The zero-order chi connectivity index (χ0) is 14.5. The number of piperidine rings is 1. The van der Waals surface area contributed by atoms with Crippen LogP contribution in [0.5, 0.6) is 0 Å². The van der Waals surface area contributed by atoms with Gasteiger partial charge in [0.05, 0.1) is 5.69 Å². The van der Waals surface area contributed by atoms with Crippen molar-refractivity contribution in [3.05, 3.63) is 29.6 Å². The van der Waals surface area contributed by atoms with Crippen LogP contribution in [0.2, 0.25) is 0 Å². The van der Waals surface area contributed by atoms with E-state index in [1.54, 1.807) is 12.1 Å². The topological polar surface area (TPSA) is 41.1 Å². The number of hydrogen-bond donors (Lipinski definition) is 2. The fourth-order valence-corrected chi connectivity index (χ4v) is 2.76. The van der Waals surface area contributed by atoms with E-state index in [1.807, 2.05) is 6.92 Å². The van der Waals surface area contributed by atoms with Crippen LogP contribution >= 0.6 is 0 Å². The van der Waals surface area contributed by atoms with Crippen LogP contribution in [-0.4, -0.2) is 19.0 Å². The maximum absolute atomic E-state index is 13.6. The van der Waals surface area contributed by atoms with E-state index in [4.69, 9.17) is 0 Å². The average molecular weight is 278 g/mol. The average Bonchev–Trinajstić information content (AvgIpc) is 2.43. The fraction of sp³-hybridized carbons (Fsp3) is 0.562. The molecule has 1 aromatic carbocycles. The Balaban J connectivity index is 1.89. The molecule has 1 aliphatic rings. The Labute approximate surface area is 120 Å². The molecule has 20 heavy (non-hydrogen) atoms. The summed E-state index contributed by atoms with van der Waals surface area (Å²) in [6.07, 6.45) is 2.78. The first kappa shape index (κ1) is 15.0. The lowest BCUT2D eigenvalue weighted by atomic mass is 9.85. The van der Waals surface area contributed by atoms with Crippen LogP contribution in [0.1, 0.15) is 31.7 Å². The Kier molecular flexibility index (Phi) is 5.12. The monoisotopic (exact) mass is 278 g/mol. The molecule has 0 aliphatic carbocycles. The molecule has 1 heterocycles. The minimum Gasteiger partial charge on any atom is -0.324 e. The largest absolute Gasteiger partial charge is 0.324 e. The van der Waals surface area contributed by atoms with Crippen LogP contribution in [0.25, 0.3) is 0 Å². The molecule has 0 aromatic heterocycles. The minimum atomic E-state index is -0.379. The first-order chi connectivity index (χ1) is 9.56. The van der Waals surface area contributed by atoms with Gasteiger partial charge in [0.2, 0.25) is 5.91 Å². The molecule has 3 nitrogen and oxygen atoms in total. The van der Waals surface area contributed by atoms with Gasteiger partial charge in [-0.1, -0.05) is 13.0 Å². The SMILES string of the molecule is Cc1ccc(F)c(NC(=O)CC(C)C2CCCNC2)c1.